The van der Waals surface area contributed by atoms with E-state index in [1.807, 2.05) is 36.4 Å². The van der Waals surface area contributed by atoms with E-state index in [0.717, 1.165) is 35.5 Å². The smallest absolute Gasteiger partial charge is 0.229 e. The average molecular weight is 509 g/mol. The monoisotopic (exact) mass is 508 g/mol. The predicted octanol–water partition coefficient (Wildman–Crippen LogP) is 4.87. The van der Waals surface area contributed by atoms with Crippen LogP contribution in [-0.4, -0.2) is 49.4 Å². The molecule has 0 spiro atoms. The maximum absolute atomic E-state index is 5.57. The number of rotatable bonds is 12. The molecular weight excluding hydrogens is 472 g/mol. The lowest BCUT2D eigenvalue weighted by Crippen LogP contribution is -2.24. The lowest BCUT2D eigenvalue weighted by molar-refractivity contribution is 0.352. The number of nitrogens with one attached hydrogen (secondary N) is 3. The van der Waals surface area contributed by atoms with Crippen molar-refractivity contribution in [2.45, 2.75) is 51.2 Å². The number of benzene rings is 2. The van der Waals surface area contributed by atoms with Gasteiger partial charge in [0.1, 0.15) is 11.5 Å². The average Bonchev–Trinajstić information content (AvgIpc) is 2.94. The summed E-state index contributed by atoms with van der Waals surface area (Å²) in [5, 5.41) is 10.2. The van der Waals surface area contributed by atoms with E-state index >= 15 is 0 Å². The number of anilines is 3. The van der Waals surface area contributed by atoms with Crippen molar-refractivity contribution in [1.82, 2.24) is 15.0 Å². The maximum Gasteiger partial charge on any atom is 0.229 e. The first-order valence-electron chi connectivity index (χ1n) is 12.5. The number of ether oxygens (including phenoxy) is 4. The van der Waals surface area contributed by atoms with Crippen molar-refractivity contribution < 1.29 is 18.9 Å². The van der Waals surface area contributed by atoms with Crippen LogP contribution in [0.15, 0.2) is 36.4 Å². The van der Waals surface area contributed by atoms with Crippen molar-refractivity contribution in [2.75, 3.05) is 44.4 Å². The maximum atomic E-state index is 5.57. The molecule has 10 nitrogen and oxygen atoms in total. The van der Waals surface area contributed by atoms with Crippen LogP contribution < -0.4 is 34.9 Å². The van der Waals surface area contributed by atoms with Crippen LogP contribution in [0.3, 0.4) is 0 Å². The molecule has 1 aliphatic carbocycles. The molecule has 2 aromatic carbocycles. The molecule has 0 unspecified atom stereocenters. The number of aromatic nitrogens is 3. The van der Waals surface area contributed by atoms with Crippen LogP contribution in [0, 0.1) is 0 Å². The van der Waals surface area contributed by atoms with Gasteiger partial charge in [-0.1, -0.05) is 31.4 Å². The van der Waals surface area contributed by atoms with Crippen molar-refractivity contribution in [3.05, 3.63) is 47.5 Å². The van der Waals surface area contributed by atoms with Gasteiger partial charge in [-0.05, 0) is 36.6 Å². The quantitative estimate of drug-likeness (QED) is 0.313. The fraction of sp³-hybridized carbons (Fsp3) is 0.444. The molecule has 3 N–H and O–H groups in total. The van der Waals surface area contributed by atoms with Crippen LogP contribution in [0.4, 0.5) is 17.8 Å². The summed E-state index contributed by atoms with van der Waals surface area (Å²) in [5.41, 5.74) is 1.91. The SMILES string of the molecule is COc1cc(CNc2nc(NCc3cccc(OC)c3OC)nc(NC3CCCCC3)n2)cc(OC)c1. The Kier molecular flexibility index (Phi) is 9.07. The van der Waals surface area contributed by atoms with Crippen LogP contribution in [0.25, 0.3) is 0 Å². The predicted molar refractivity (Wildman–Crippen MR) is 144 cm³/mol. The summed E-state index contributed by atoms with van der Waals surface area (Å²) >= 11 is 0. The molecular formula is C27H36N6O4. The highest BCUT2D eigenvalue weighted by Crippen LogP contribution is 2.31. The number of hydrogen-bond donors (Lipinski definition) is 3. The van der Waals surface area contributed by atoms with Gasteiger partial charge in [-0.2, -0.15) is 15.0 Å². The second-order valence-electron chi connectivity index (χ2n) is 8.87. The number of methoxy groups -OCH3 is 4. The Morgan fingerprint density at radius 3 is 2.00 bits per heavy atom. The van der Waals surface area contributed by atoms with Gasteiger partial charge >= 0.3 is 0 Å². The van der Waals surface area contributed by atoms with Crippen LogP contribution in [0.1, 0.15) is 43.2 Å². The first-order chi connectivity index (χ1) is 18.1. The van der Waals surface area contributed by atoms with Gasteiger partial charge in [0, 0.05) is 30.8 Å². The van der Waals surface area contributed by atoms with Gasteiger partial charge < -0.3 is 34.9 Å². The van der Waals surface area contributed by atoms with E-state index in [1.165, 1.54) is 19.3 Å². The third-order valence-corrected chi connectivity index (χ3v) is 6.36. The van der Waals surface area contributed by atoms with Gasteiger partial charge in [0.2, 0.25) is 17.8 Å². The van der Waals surface area contributed by atoms with Gasteiger partial charge in [0.25, 0.3) is 0 Å². The fourth-order valence-electron chi connectivity index (χ4n) is 4.44. The van der Waals surface area contributed by atoms with Gasteiger partial charge in [0.15, 0.2) is 11.5 Å². The highest BCUT2D eigenvalue weighted by atomic mass is 16.5. The zero-order valence-corrected chi connectivity index (χ0v) is 22.0. The summed E-state index contributed by atoms with van der Waals surface area (Å²) in [4.78, 5) is 13.9. The lowest BCUT2D eigenvalue weighted by Gasteiger charge is -2.23. The topological polar surface area (TPSA) is 112 Å². The normalized spacial score (nSPS) is 13.5. The molecule has 0 atom stereocenters. The molecule has 4 rings (SSSR count). The van der Waals surface area contributed by atoms with E-state index in [2.05, 4.69) is 30.9 Å². The van der Waals surface area contributed by atoms with E-state index < -0.39 is 0 Å². The first-order valence-corrected chi connectivity index (χ1v) is 12.5. The van der Waals surface area contributed by atoms with Crippen molar-refractivity contribution in [3.8, 4) is 23.0 Å². The zero-order valence-electron chi connectivity index (χ0n) is 22.0. The molecule has 1 aromatic heterocycles. The third-order valence-electron chi connectivity index (χ3n) is 6.36. The van der Waals surface area contributed by atoms with Gasteiger partial charge in [-0.3, -0.25) is 0 Å². The molecule has 0 bridgehead atoms. The Balaban J connectivity index is 1.54. The number of nitrogens with zero attached hydrogens (tertiary/aromatic N) is 3. The van der Waals surface area contributed by atoms with Crippen LogP contribution in [0.5, 0.6) is 23.0 Å². The molecule has 198 valence electrons. The Morgan fingerprint density at radius 2 is 1.38 bits per heavy atom. The Labute approximate surface area is 218 Å². The van der Waals surface area contributed by atoms with Crippen molar-refractivity contribution in [2.24, 2.45) is 0 Å². The molecule has 1 aliphatic rings. The third kappa shape index (κ3) is 7.05. The van der Waals surface area contributed by atoms with Crippen molar-refractivity contribution >= 4 is 17.8 Å². The summed E-state index contributed by atoms with van der Waals surface area (Å²) in [6.45, 7) is 0.948. The molecule has 1 fully saturated rings. The highest BCUT2D eigenvalue weighted by molar-refractivity contribution is 5.49. The summed E-state index contributed by atoms with van der Waals surface area (Å²) in [5.74, 6) is 4.28. The molecule has 0 radical (unpaired) electrons. The van der Waals surface area contributed by atoms with Crippen molar-refractivity contribution in [1.29, 1.82) is 0 Å². The molecule has 1 heterocycles. The minimum absolute atomic E-state index is 0.359. The summed E-state index contributed by atoms with van der Waals surface area (Å²) in [6.07, 6.45) is 5.93. The van der Waals surface area contributed by atoms with Gasteiger partial charge in [-0.25, -0.2) is 0 Å². The lowest BCUT2D eigenvalue weighted by atomic mass is 9.96. The molecule has 1 saturated carbocycles. The molecule has 0 aliphatic heterocycles. The van der Waals surface area contributed by atoms with E-state index in [0.29, 0.717) is 48.5 Å². The van der Waals surface area contributed by atoms with Crippen LogP contribution in [-0.2, 0) is 13.1 Å². The van der Waals surface area contributed by atoms with Crippen molar-refractivity contribution in [3.63, 3.8) is 0 Å². The number of hydrogen-bond acceptors (Lipinski definition) is 10. The summed E-state index contributed by atoms with van der Waals surface area (Å²) in [6, 6.07) is 11.9. The Bertz CT molecular complexity index is 1150. The van der Waals surface area contributed by atoms with Crippen LogP contribution in [0.2, 0.25) is 0 Å². The minimum Gasteiger partial charge on any atom is -0.497 e. The highest BCUT2D eigenvalue weighted by Gasteiger charge is 2.16. The second kappa shape index (κ2) is 12.8. The second-order valence-corrected chi connectivity index (χ2v) is 8.87. The van der Waals surface area contributed by atoms with E-state index in [4.69, 9.17) is 18.9 Å². The largest absolute Gasteiger partial charge is 0.497 e. The zero-order chi connectivity index (χ0) is 26.0. The minimum atomic E-state index is 0.359. The molecule has 37 heavy (non-hydrogen) atoms. The van der Waals surface area contributed by atoms with Gasteiger partial charge in [-0.15, -0.1) is 0 Å². The summed E-state index contributed by atoms with van der Waals surface area (Å²) in [7, 11) is 6.53. The van der Waals surface area contributed by atoms with E-state index in [-0.39, 0.29) is 0 Å². The van der Waals surface area contributed by atoms with E-state index in [9.17, 15) is 0 Å². The fourth-order valence-corrected chi connectivity index (χ4v) is 4.44. The summed E-state index contributed by atoms with van der Waals surface area (Å²) < 4.78 is 21.8. The molecule has 3 aromatic rings. The Morgan fingerprint density at radius 1 is 0.730 bits per heavy atom. The van der Waals surface area contributed by atoms with Gasteiger partial charge in [0.05, 0.1) is 28.4 Å². The van der Waals surface area contributed by atoms with E-state index in [1.54, 1.807) is 28.4 Å². The molecule has 10 heteroatoms. The molecule has 0 amide bonds. The molecule has 0 saturated heterocycles. The first kappa shape index (κ1) is 26.1. The number of para-hydroxylation sites is 1. The standard InChI is InChI=1S/C27H36N6O4/c1-34-21-13-18(14-22(15-21)35-2)16-28-25-31-26(33-27(32-25)30-20-10-6-5-7-11-20)29-17-19-9-8-12-23(36-3)24(19)37-4/h8-9,12-15,20H,5-7,10-11,16-17H2,1-4H3,(H3,28,29,30,31,32,33). The Hall–Kier alpha value is -3.95. The van der Waals surface area contributed by atoms with Crippen LogP contribution >= 0.6 is 0 Å².